The third-order valence-corrected chi connectivity index (χ3v) is 8.39. The molecule has 1 heterocycles. The molecule has 0 spiro atoms. The molecule has 1 aliphatic heterocycles. The van der Waals surface area contributed by atoms with E-state index < -0.39 is 28.0 Å². The molecule has 8 nitrogen and oxygen atoms in total. The van der Waals surface area contributed by atoms with Gasteiger partial charge >= 0.3 is 5.97 Å². The Morgan fingerprint density at radius 3 is 2.26 bits per heavy atom. The van der Waals surface area contributed by atoms with Crippen molar-refractivity contribution in [2.24, 2.45) is 11.8 Å². The van der Waals surface area contributed by atoms with Gasteiger partial charge in [-0.25, -0.2) is 8.42 Å². The molecule has 0 saturated carbocycles. The van der Waals surface area contributed by atoms with Crippen molar-refractivity contribution in [3.05, 3.63) is 82.8 Å². The SMILES string of the molecule is COC1=C(Cl)C=CC2OC(COc3ccc(-c4ccc(S(=O)(=O)N[C@H](C(=O)O)C(C)C)cc4)cc3)=C(C)C12. The highest BCUT2D eigenvalue weighted by atomic mass is 35.5. The number of allylic oxidation sites excluding steroid dienone is 2. The van der Waals surface area contributed by atoms with Crippen LogP contribution in [-0.4, -0.2) is 45.4 Å². The summed E-state index contributed by atoms with van der Waals surface area (Å²) in [6, 6.07) is 12.5. The zero-order chi connectivity index (χ0) is 27.6. The van der Waals surface area contributed by atoms with Gasteiger partial charge in [0.15, 0.2) is 0 Å². The van der Waals surface area contributed by atoms with Crippen LogP contribution in [0.5, 0.6) is 5.75 Å². The number of hydrogen-bond acceptors (Lipinski definition) is 6. The van der Waals surface area contributed by atoms with Gasteiger partial charge in [0.05, 0.1) is 23.0 Å². The Hall–Kier alpha value is -3.27. The van der Waals surface area contributed by atoms with E-state index in [2.05, 4.69) is 4.72 Å². The van der Waals surface area contributed by atoms with E-state index in [0.29, 0.717) is 16.5 Å². The lowest BCUT2D eigenvalue weighted by Crippen LogP contribution is -2.44. The first kappa shape index (κ1) is 27.8. The minimum Gasteiger partial charge on any atom is -0.499 e. The number of halogens is 1. The zero-order valence-electron chi connectivity index (χ0n) is 21.5. The average molecular weight is 560 g/mol. The molecule has 2 aliphatic rings. The van der Waals surface area contributed by atoms with Gasteiger partial charge in [-0.15, -0.1) is 0 Å². The number of hydrogen-bond donors (Lipinski definition) is 2. The van der Waals surface area contributed by atoms with Gasteiger partial charge < -0.3 is 19.3 Å². The molecular weight excluding hydrogens is 530 g/mol. The first-order chi connectivity index (χ1) is 18.0. The van der Waals surface area contributed by atoms with Crippen molar-refractivity contribution in [2.45, 2.75) is 37.8 Å². The Bertz CT molecular complexity index is 1390. The molecule has 4 rings (SSSR count). The first-order valence-electron chi connectivity index (χ1n) is 12.1. The van der Waals surface area contributed by atoms with Gasteiger partial charge in [0.1, 0.15) is 36.0 Å². The largest absolute Gasteiger partial charge is 0.499 e. The standard InChI is InChI=1S/C28H30ClNO7S/c1-16(2)26(28(31)32)30-38(33,34)21-11-7-19(8-12-21)18-5-9-20(10-6-18)36-15-24-17(3)25-23(37-24)14-13-22(29)27(25)35-4/h5-14,16,23,25-26,30H,15H2,1-4H3,(H,31,32)/t23?,25?,26-/m0/s1. The van der Waals surface area contributed by atoms with Crippen LogP contribution >= 0.6 is 11.6 Å². The number of methoxy groups -OCH3 is 1. The van der Waals surface area contributed by atoms with Crippen LogP contribution in [0.15, 0.2) is 87.7 Å². The summed E-state index contributed by atoms with van der Waals surface area (Å²) >= 11 is 6.28. The highest BCUT2D eigenvalue weighted by Crippen LogP contribution is 2.42. The van der Waals surface area contributed by atoms with Crippen LogP contribution < -0.4 is 9.46 Å². The predicted octanol–water partition coefficient (Wildman–Crippen LogP) is 5.08. The van der Waals surface area contributed by atoms with Crippen molar-refractivity contribution >= 4 is 27.6 Å². The molecule has 0 radical (unpaired) electrons. The van der Waals surface area contributed by atoms with Crippen molar-refractivity contribution in [3.63, 3.8) is 0 Å². The number of fused-ring (bicyclic) bond motifs is 1. The third kappa shape index (κ3) is 5.75. The van der Waals surface area contributed by atoms with Gasteiger partial charge in [0.25, 0.3) is 0 Å². The molecule has 0 saturated heterocycles. The van der Waals surface area contributed by atoms with Crippen molar-refractivity contribution < 1.29 is 32.5 Å². The second-order valence-corrected chi connectivity index (χ2v) is 11.6. The van der Waals surface area contributed by atoms with Crippen LogP contribution in [-0.2, 0) is 24.3 Å². The maximum absolute atomic E-state index is 12.7. The molecule has 0 bridgehead atoms. The third-order valence-electron chi connectivity index (χ3n) is 6.62. The number of sulfonamides is 1. The first-order valence-corrected chi connectivity index (χ1v) is 13.9. The summed E-state index contributed by atoms with van der Waals surface area (Å²) in [7, 11) is -2.38. The summed E-state index contributed by atoms with van der Waals surface area (Å²) in [5, 5.41) is 9.87. The lowest BCUT2D eigenvalue weighted by atomic mass is 9.90. The lowest BCUT2D eigenvalue weighted by molar-refractivity contribution is -0.140. The van der Waals surface area contributed by atoms with E-state index in [1.54, 1.807) is 39.2 Å². The van der Waals surface area contributed by atoms with Crippen molar-refractivity contribution in [2.75, 3.05) is 13.7 Å². The number of carboxylic acids is 1. The van der Waals surface area contributed by atoms with Crippen LogP contribution in [0, 0.1) is 11.8 Å². The summed E-state index contributed by atoms with van der Waals surface area (Å²) < 4.78 is 45.1. The van der Waals surface area contributed by atoms with Gasteiger partial charge in [-0.1, -0.05) is 49.7 Å². The number of carboxylic acid groups (broad SMARTS) is 1. The molecule has 2 N–H and O–H groups in total. The van der Waals surface area contributed by atoms with Gasteiger partial charge in [-0.3, -0.25) is 4.79 Å². The Kier molecular flexibility index (Phi) is 8.20. The maximum Gasteiger partial charge on any atom is 0.322 e. The van der Waals surface area contributed by atoms with Gasteiger partial charge in [-0.2, -0.15) is 4.72 Å². The molecule has 202 valence electrons. The second-order valence-electron chi connectivity index (χ2n) is 9.46. The normalized spacial score (nSPS) is 19.8. The van der Waals surface area contributed by atoms with Crippen LogP contribution in [0.3, 0.4) is 0 Å². The van der Waals surface area contributed by atoms with Gasteiger partial charge in [-0.05, 0) is 66.0 Å². The molecular formula is C28H30ClNO7S. The smallest absolute Gasteiger partial charge is 0.322 e. The summed E-state index contributed by atoms with van der Waals surface area (Å²) in [4.78, 5) is 11.4. The summed E-state index contributed by atoms with van der Waals surface area (Å²) in [5.74, 6) is 0.391. The molecule has 0 amide bonds. The summed E-state index contributed by atoms with van der Waals surface area (Å²) in [6.45, 7) is 5.53. The second kappa shape index (κ2) is 11.2. The molecule has 10 heteroatoms. The molecule has 1 aliphatic carbocycles. The molecule has 3 atom stereocenters. The quantitative estimate of drug-likeness (QED) is 0.418. The lowest BCUT2D eigenvalue weighted by Gasteiger charge is -2.23. The minimum atomic E-state index is -3.98. The average Bonchev–Trinajstić information content (AvgIpc) is 3.21. The van der Waals surface area contributed by atoms with Gasteiger partial charge in [0.2, 0.25) is 10.0 Å². The number of rotatable bonds is 10. The van der Waals surface area contributed by atoms with E-state index in [9.17, 15) is 18.3 Å². The van der Waals surface area contributed by atoms with Crippen LogP contribution in [0.1, 0.15) is 20.8 Å². The van der Waals surface area contributed by atoms with Crippen molar-refractivity contribution in [1.29, 1.82) is 0 Å². The Labute approximate surface area is 227 Å². The van der Waals surface area contributed by atoms with Gasteiger partial charge in [0, 0.05) is 0 Å². The molecule has 2 aromatic carbocycles. The zero-order valence-corrected chi connectivity index (χ0v) is 23.0. The highest BCUT2D eigenvalue weighted by molar-refractivity contribution is 7.89. The van der Waals surface area contributed by atoms with E-state index in [4.69, 9.17) is 25.8 Å². The van der Waals surface area contributed by atoms with Crippen molar-refractivity contribution in [1.82, 2.24) is 4.72 Å². The van der Waals surface area contributed by atoms with Crippen LogP contribution in [0.2, 0.25) is 0 Å². The molecule has 2 unspecified atom stereocenters. The van der Waals surface area contributed by atoms with E-state index in [0.717, 1.165) is 22.5 Å². The Morgan fingerprint density at radius 2 is 1.71 bits per heavy atom. The van der Waals surface area contributed by atoms with E-state index >= 15 is 0 Å². The van der Waals surface area contributed by atoms with Crippen LogP contribution in [0.25, 0.3) is 11.1 Å². The molecule has 2 aromatic rings. The number of benzene rings is 2. The number of nitrogens with one attached hydrogen (secondary N) is 1. The number of carbonyl (C=O) groups is 1. The van der Waals surface area contributed by atoms with E-state index in [-0.39, 0.29) is 23.5 Å². The fourth-order valence-electron chi connectivity index (χ4n) is 4.45. The summed E-state index contributed by atoms with van der Waals surface area (Å²) in [5.41, 5.74) is 2.69. The monoisotopic (exact) mass is 559 g/mol. The molecule has 38 heavy (non-hydrogen) atoms. The minimum absolute atomic E-state index is 0.00325. The maximum atomic E-state index is 12.7. The molecule has 0 aromatic heterocycles. The topological polar surface area (TPSA) is 111 Å². The Balaban J connectivity index is 1.41. The van der Waals surface area contributed by atoms with E-state index in [1.165, 1.54) is 12.1 Å². The van der Waals surface area contributed by atoms with Crippen LogP contribution in [0.4, 0.5) is 0 Å². The van der Waals surface area contributed by atoms with E-state index in [1.807, 2.05) is 37.3 Å². The van der Waals surface area contributed by atoms with Crippen molar-refractivity contribution in [3.8, 4) is 16.9 Å². The predicted molar refractivity (Wildman–Crippen MR) is 144 cm³/mol. The summed E-state index contributed by atoms with van der Waals surface area (Å²) in [6.07, 6.45) is 3.53. The fourth-order valence-corrected chi connectivity index (χ4v) is 6.05. The number of ether oxygens (including phenoxy) is 3. The number of aliphatic carboxylic acids is 1. The highest BCUT2D eigenvalue weighted by Gasteiger charge is 2.39. The molecule has 0 fully saturated rings. The Morgan fingerprint density at radius 1 is 1.11 bits per heavy atom. The fraction of sp³-hybridized carbons (Fsp3) is 0.321.